The van der Waals surface area contributed by atoms with Gasteiger partial charge in [-0.25, -0.2) is 13.8 Å². The monoisotopic (exact) mass is 385 g/mol. The van der Waals surface area contributed by atoms with E-state index in [0.717, 1.165) is 11.1 Å². The molecule has 1 aliphatic heterocycles. The Morgan fingerprint density at radius 3 is 2.33 bits per heavy atom. The topological polar surface area (TPSA) is 78.8 Å². The molecule has 6 nitrogen and oxygen atoms in total. The van der Waals surface area contributed by atoms with Gasteiger partial charge in [-0.05, 0) is 37.5 Å². The fourth-order valence-corrected chi connectivity index (χ4v) is 4.50. The summed E-state index contributed by atoms with van der Waals surface area (Å²) in [6.07, 6.45) is 2.57. The van der Waals surface area contributed by atoms with Crippen LogP contribution < -0.4 is 5.43 Å². The molecule has 1 saturated heterocycles. The number of carbonyl (C=O) groups is 1. The zero-order valence-electron chi connectivity index (χ0n) is 15.2. The number of aryl methyl sites for hydroxylation is 1. The second-order valence-electron chi connectivity index (χ2n) is 6.64. The van der Waals surface area contributed by atoms with E-state index in [1.54, 1.807) is 36.5 Å². The standard InChI is InChI=1S/C20H23N3O3S/c1-16-7-9-17(10-8-16)15-21-22-20(24)18-11-13-23(14-12-18)27(25,26)19-5-3-2-4-6-19/h2-10,15,18H,11-14H2,1H3,(H,22,24). The largest absolute Gasteiger partial charge is 0.273 e. The molecule has 142 valence electrons. The Labute approximate surface area is 159 Å². The molecule has 0 aliphatic carbocycles. The fraction of sp³-hybridized carbons (Fsp3) is 0.300. The van der Waals surface area contributed by atoms with Crippen LogP contribution >= 0.6 is 0 Å². The summed E-state index contributed by atoms with van der Waals surface area (Å²) in [6.45, 7) is 2.67. The number of carbonyl (C=O) groups excluding carboxylic acids is 1. The molecular formula is C20H23N3O3S. The number of piperidine rings is 1. The Morgan fingerprint density at radius 1 is 1.07 bits per heavy atom. The summed E-state index contributed by atoms with van der Waals surface area (Å²) < 4.78 is 26.7. The molecule has 1 heterocycles. The van der Waals surface area contributed by atoms with Crippen LogP contribution in [0.1, 0.15) is 24.0 Å². The van der Waals surface area contributed by atoms with Crippen molar-refractivity contribution in [2.45, 2.75) is 24.7 Å². The summed E-state index contributed by atoms with van der Waals surface area (Å²) in [7, 11) is -3.50. The van der Waals surface area contributed by atoms with Gasteiger partial charge in [0.1, 0.15) is 0 Å². The lowest BCUT2D eigenvalue weighted by molar-refractivity contribution is -0.126. The quantitative estimate of drug-likeness (QED) is 0.635. The highest BCUT2D eigenvalue weighted by molar-refractivity contribution is 7.89. The highest BCUT2D eigenvalue weighted by atomic mass is 32.2. The van der Waals surface area contributed by atoms with Crippen molar-refractivity contribution in [3.8, 4) is 0 Å². The van der Waals surface area contributed by atoms with Crippen molar-refractivity contribution in [3.05, 3.63) is 65.7 Å². The third kappa shape index (κ3) is 4.81. The highest BCUT2D eigenvalue weighted by Gasteiger charge is 2.31. The molecule has 2 aromatic rings. The van der Waals surface area contributed by atoms with Gasteiger partial charge in [0.2, 0.25) is 15.9 Å². The van der Waals surface area contributed by atoms with Gasteiger partial charge < -0.3 is 0 Å². The molecule has 2 aromatic carbocycles. The molecule has 0 unspecified atom stereocenters. The van der Waals surface area contributed by atoms with Crippen molar-refractivity contribution < 1.29 is 13.2 Å². The lowest BCUT2D eigenvalue weighted by Gasteiger charge is -2.30. The van der Waals surface area contributed by atoms with Crippen LogP contribution in [0.25, 0.3) is 0 Å². The predicted molar refractivity (Wildman–Crippen MR) is 105 cm³/mol. The molecule has 1 N–H and O–H groups in total. The van der Waals surface area contributed by atoms with Crippen LogP contribution in [0.5, 0.6) is 0 Å². The molecule has 0 bridgehead atoms. The minimum Gasteiger partial charge on any atom is -0.273 e. The molecule has 3 rings (SSSR count). The Kier molecular flexibility index (Phi) is 6.03. The van der Waals surface area contributed by atoms with Crippen molar-refractivity contribution in [2.24, 2.45) is 11.0 Å². The van der Waals surface area contributed by atoms with Crippen molar-refractivity contribution in [1.82, 2.24) is 9.73 Å². The van der Waals surface area contributed by atoms with Gasteiger partial charge >= 0.3 is 0 Å². The summed E-state index contributed by atoms with van der Waals surface area (Å²) in [5, 5.41) is 4.01. The second kappa shape index (κ2) is 8.45. The average molecular weight is 385 g/mol. The van der Waals surface area contributed by atoms with Gasteiger partial charge in [0, 0.05) is 19.0 Å². The number of sulfonamides is 1. The van der Waals surface area contributed by atoms with Crippen LogP contribution in [0.2, 0.25) is 0 Å². The maximum Gasteiger partial charge on any atom is 0.243 e. The lowest BCUT2D eigenvalue weighted by Crippen LogP contribution is -2.42. The number of nitrogens with one attached hydrogen (secondary N) is 1. The highest BCUT2D eigenvalue weighted by Crippen LogP contribution is 2.23. The van der Waals surface area contributed by atoms with Crippen LogP contribution in [0.4, 0.5) is 0 Å². The van der Waals surface area contributed by atoms with Crippen molar-refractivity contribution in [3.63, 3.8) is 0 Å². The van der Waals surface area contributed by atoms with E-state index < -0.39 is 10.0 Å². The molecule has 1 fully saturated rings. The molecule has 0 aromatic heterocycles. The van der Waals surface area contributed by atoms with Gasteiger partial charge in [-0.2, -0.15) is 9.41 Å². The van der Waals surface area contributed by atoms with Gasteiger partial charge in [-0.3, -0.25) is 4.79 Å². The third-order valence-electron chi connectivity index (χ3n) is 4.67. The number of hydrogen-bond acceptors (Lipinski definition) is 4. The molecule has 0 saturated carbocycles. The predicted octanol–water partition coefficient (Wildman–Crippen LogP) is 2.55. The minimum absolute atomic E-state index is 0.171. The van der Waals surface area contributed by atoms with E-state index in [1.807, 2.05) is 31.2 Å². The number of rotatable bonds is 5. The van der Waals surface area contributed by atoms with Gasteiger partial charge in [0.15, 0.2) is 0 Å². The Morgan fingerprint density at radius 2 is 1.70 bits per heavy atom. The van der Waals surface area contributed by atoms with E-state index in [-0.39, 0.29) is 16.7 Å². The Hall–Kier alpha value is -2.51. The summed E-state index contributed by atoms with van der Waals surface area (Å²) in [6, 6.07) is 16.2. The average Bonchev–Trinajstić information content (AvgIpc) is 2.70. The third-order valence-corrected chi connectivity index (χ3v) is 6.58. The molecule has 1 aliphatic rings. The summed E-state index contributed by atoms with van der Waals surface area (Å²) in [5.74, 6) is -0.405. The Bertz CT molecular complexity index is 901. The Balaban J connectivity index is 1.53. The number of amides is 1. The summed E-state index contributed by atoms with van der Waals surface area (Å²) in [5.41, 5.74) is 4.63. The smallest absolute Gasteiger partial charge is 0.243 e. The normalized spacial score (nSPS) is 16.5. The van der Waals surface area contributed by atoms with E-state index in [9.17, 15) is 13.2 Å². The van der Waals surface area contributed by atoms with Crippen molar-refractivity contribution in [2.75, 3.05) is 13.1 Å². The van der Waals surface area contributed by atoms with E-state index in [0.29, 0.717) is 25.9 Å². The second-order valence-corrected chi connectivity index (χ2v) is 8.57. The van der Waals surface area contributed by atoms with Gasteiger partial charge in [-0.1, -0.05) is 48.0 Å². The lowest BCUT2D eigenvalue weighted by atomic mass is 9.98. The summed E-state index contributed by atoms with van der Waals surface area (Å²) in [4.78, 5) is 12.6. The van der Waals surface area contributed by atoms with E-state index >= 15 is 0 Å². The first-order valence-electron chi connectivity index (χ1n) is 8.91. The number of nitrogens with zero attached hydrogens (tertiary/aromatic N) is 2. The summed E-state index contributed by atoms with van der Waals surface area (Å²) >= 11 is 0. The van der Waals surface area contributed by atoms with E-state index in [2.05, 4.69) is 10.5 Å². The van der Waals surface area contributed by atoms with Crippen LogP contribution in [-0.4, -0.2) is 37.9 Å². The molecule has 0 atom stereocenters. The number of hydrazone groups is 1. The fourth-order valence-electron chi connectivity index (χ4n) is 3.01. The van der Waals surface area contributed by atoms with Gasteiger partial charge in [-0.15, -0.1) is 0 Å². The molecule has 0 radical (unpaired) electrons. The van der Waals surface area contributed by atoms with Crippen molar-refractivity contribution in [1.29, 1.82) is 0 Å². The SMILES string of the molecule is Cc1ccc(C=NNC(=O)C2CCN(S(=O)(=O)c3ccccc3)CC2)cc1. The van der Waals surface area contributed by atoms with Gasteiger partial charge in [0.25, 0.3) is 0 Å². The molecule has 1 amide bonds. The molecule has 7 heteroatoms. The van der Waals surface area contributed by atoms with E-state index in [1.165, 1.54) is 4.31 Å². The molecule has 0 spiro atoms. The number of benzene rings is 2. The first-order valence-corrected chi connectivity index (χ1v) is 10.4. The zero-order valence-corrected chi connectivity index (χ0v) is 16.0. The van der Waals surface area contributed by atoms with Gasteiger partial charge in [0.05, 0.1) is 11.1 Å². The first-order chi connectivity index (χ1) is 13.0. The van der Waals surface area contributed by atoms with Crippen LogP contribution in [0, 0.1) is 12.8 Å². The van der Waals surface area contributed by atoms with Crippen LogP contribution in [0.15, 0.2) is 64.6 Å². The zero-order chi connectivity index (χ0) is 19.3. The van der Waals surface area contributed by atoms with E-state index in [4.69, 9.17) is 0 Å². The van der Waals surface area contributed by atoms with Crippen molar-refractivity contribution >= 4 is 22.1 Å². The number of hydrogen-bond donors (Lipinski definition) is 1. The van der Waals surface area contributed by atoms with Crippen LogP contribution in [0.3, 0.4) is 0 Å². The maximum absolute atomic E-state index is 12.6. The first kappa shape index (κ1) is 19.3. The molecular weight excluding hydrogens is 362 g/mol. The molecule has 27 heavy (non-hydrogen) atoms. The maximum atomic E-state index is 12.6. The minimum atomic E-state index is -3.50. The van der Waals surface area contributed by atoms with Crippen LogP contribution in [-0.2, 0) is 14.8 Å².